The van der Waals surface area contributed by atoms with E-state index in [1.54, 1.807) is 6.92 Å². The maximum atomic E-state index is 10.6. The minimum atomic E-state index is -0.0927. The topological polar surface area (TPSA) is 52.5 Å². The fourth-order valence-electron chi connectivity index (χ4n) is 0.730. The van der Waals surface area contributed by atoms with Gasteiger partial charge in [0.15, 0.2) is 0 Å². The maximum Gasteiger partial charge on any atom is 0.110 e. The fourth-order valence-corrected chi connectivity index (χ4v) is 0.730. The molecule has 1 rings (SSSR count). The van der Waals surface area contributed by atoms with E-state index in [1.807, 2.05) is 0 Å². The second-order valence-electron chi connectivity index (χ2n) is 2.04. The van der Waals surface area contributed by atoms with Crippen molar-refractivity contribution in [1.82, 2.24) is 0 Å². The predicted octanol–water partition coefficient (Wildman–Crippen LogP) is 1.47. The maximum absolute atomic E-state index is 10.6. The summed E-state index contributed by atoms with van der Waals surface area (Å²) in [5.41, 5.74) is 0.960. The molecule has 0 atom stereocenters. The van der Waals surface area contributed by atoms with Gasteiger partial charge in [0.05, 0.1) is 0 Å². The molecule has 0 aliphatic rings. The smallest absolute Gasteiger partial charge is 0.110 e. The lowest BCUT2D eigenvalue weighted by atomic mass is 10.2. The number of rotatable bonds is 1. The van der Waals surface area contributed by atoms with Crippen LogP contribution in [0.3, 0.4) is 0 Å². The Morgan fingerprint density at radius 2 is 2.20 bits per heavy atom. The first-order valence-corrected chi connectivity index (χ1v) is 2.85. The minimum Gasteiger partial charge on any atom is -0.872 e. The summed E-state index contributed by atoms with van der Waals surface area (Å²) in [4.78, 5) is 9.99. The summed E-state index contributed by atoms with van der Waals surface area (Å²) in [6, 6.07) is 4.13. The largest absolute Gasteiger partial charge is 0.872 e. The first kappa shape index (κ1) is 6.74. The molecule has 1 aromatic rings. The molecule has 52 valence electrons. The van der Waals surface area contributed by atoms with Crippen LogP contribution in [0.2, 0.25) is 0 Å². The van der Waals surface area contributed by atoms with Crippen LogP contribution in [0.15, 0.2) is 23.4 Å². The molecule has 0 radical (unpaired) electrons. The summed E-state index contributed by atoms with van der Waals surface area (Å²) in [5, 5.41) is 13.3. The summed E-state index contributed by atoms with van der Waals surface area (Å²) in [6.45, 7) is 1.68. The number of benzene rings is 1. The second-order valence-corrected chi connectivity index (χ2v) is 2.04. The van der Waals surface area contributed by atoms with Crippen molar-refractivity contribution in [2.24, 2.45) is 5.18 Å². The van der Waals surface area contributed by atoms with Crippen molar-refractivity contribution in [1.29, 1.82) is 0 Å². The summed E-state index contributed by atoms with van der Waals surface area (Å²) in [5.74, 6) is -0.0927. The van der Waals surface area contributed by atoms with E-state index in [4.69, 9.17) is 0 Å². The van der Waals surface area contributed by atoms with Gasteiger partial charge in [-0.1, -0.05) is 12.1 Å². The Kier molecular flexibility index (Phi) is 1.67. The lowest BCUT2D eigenvalue weighted by molar-refractivity contribution is -0.268. The SMILES string of the molecule is Cc1cc([O-])ccc1N=O. The third kappa shape index (κ3) is 1.13. The van der Waals surface area contributed by atoms with Gasteiger partial charge in [0.2, 0.25) is 0 Å². The van der Waals surface area contributed by atoms with Crippen LogP contribution in [0, 0.1) is 11.8 Å². The van der Waals surface area contributed by atoms with Crippen LogP contribution in [0.4, 0.5) is 5.69 Å². The highest BCUT2D eigenvalue weighted by molar-refractivity contribution is 5.47. The molecular weight excluding hydrogens is 130 g/mol. The average Bonchev–Trinajstić information content (AvgIpc) is 1.88. The van der Waals surface area contributed by atoms with Crippen LogP contribution >= 0.6 is 0 Å². The van der Waals surface area contributed by atoms with Crippen molar-refractivity contribution in [3.05, 3.63) is 28.7 Å². The Hall–Kier alpha value is -1.38. The van der Waals surface area contributed by atoms with Crippen molar-refractivity contribution in [3.63, 3.8) is 0 Å². The number of nitroso groups, excluding NO2 is 1. The van der Waals surface area contributed by atoms with E-state index in [0.717, 1.165) is 0 Å². The predicted molar refractivity (Wildman–Crippen MR) is 36.1 cm³/mol. The van der Waals surface area contributed by atoms with E-state index < -0.39 is 0 Å². The van der Waals surface area contributed by atoms with Gasteiger partial charge in [0, 0.05) is 0 Å². The number of hydrogen-bond donors (Lipinski definition) is 0. The van der Waals surface area contributed by atoms with Gasteiger partial charge < -0.3 is 5.11 Å². The summed E-state index contributed by atoms with van der Waals surface area (Å²) in [6.07, 6.45) is 0. The van der Waals surface area contributed by atoms with Crippen LogP contribution in [0.25, 0.3) is 0 Å². The summed E-state index contributed by atoms with van der Waals surface area (Å²) >= 11 is 0. The van der Waals surface area contributed by atoms with Gasteiger partial charge in [-0.2, -0.15) is 0 Å². The molecule has 0 spiro atoms. The molecular formula is C7H6NO2-. The van der Waals surface area contributed by atoms with Gasteiger partial charge in [0.25, 0.3) is 0 Å². The zero-order valence-corrected chi connectivity index (χ0v) is 5.50. The van der Waals surface area contributed by atoms with E-state index in [0.29, 0.717) is 11.3 Å². The molecule has 3 heteroatoms. The van der Waals surface area contributed by atoms with Gasteiger partial charge in [-0.05, 0) is 23.7 Å². The van der Waals surface area contributed by atoms with Gasteiger partial charge in [-0.25, -0.2) is 0 Å². The van der Waals surface area contributed by atoms with E-state index in [9.17, 15) is 10.0 Å². The normalized spacial score (nSPS) is 9.30. The van der Waals surface area contributed by atoms with Crippen molar-refractivity contribution >= 4 is 5.69 Å². The van der Waals surface area contributed by atoms with Crippen LogP contribution in [-0.4, -0.2) is 0 Å². The van der Waals surface area contributed by atoms with E-state index >= 15 is 0 Å². The standard InChI is InChI=1S/C7H7NO2/c1-5-4-6(9)2-3-7(5)8-10/h2-4,9H,1H3/p-1. The van der Waals surface area contributed by atoms with Gasteiger partial charge in [-0.15, -0.1) is 10.7 Å². The monoisotopic (exact) mass is 136 g/mol. The first-order chi connectivity index (χ1) is 4.74. The van der Waals surface area contributed by atoms with Crippen LogP contribution < -0.4 is 5.11 Å². The van der Waals surface area contributed by atoms with Crippen LogP contribution in [-0.2, 0) is 0 Å². The molecule has 0 saturated carbocycles. The molecule has 0 saturated heterocycles. The van der Waals surface area contributed by atoms with Crippen LogP contribution in [0.5, 0.6) is 5.75 Å². The lowest BCUT2D eigenvalue weighted by Gasteiger charge is -2.04. The molecule has 10 heavy (non-hydrogen) atoms. The molecule has 0 heterocycles. The highest BCUT2D eigenvalue weighted by atomic mass is 16.3. The van der Waals surface area contributed by atoms with Crippen LogP contribution in [0.1, 0.15) is 5.56 Å². The van der Waals surface area contributed by atoms with Crippen molar-refractivity contribution in [2.45, 2.75) is 6.92 Å². The highest BCUT2D eigenvalue weighted by Gasteiger charge is 1.93. The Morgan fingerprint density at radius 3 is 2.70 bits per heavy atom. The number of nitrogens with zero attached hydrogens (tertiary/aromatic N) is 1. The van der Waals surface area contributed by atoms with E-state index in [-0.39, 0.29) is 5.75 Å². The molecule has 0 N–H and O–H groups in total. The molecule has 0 unspecified atom stereocenters. The van der Waals surface area contributed by atoms with Crippen molar-refractivity contribution < 1.29 is 5.11 Å². The van der Waals surface area contributed by atoms with Crippen molar-refractivity contribution in [3.8, 4) is 5.75 Å². The second kappa shape index (κ2) is 2.47. The molecule has 0 aliphatic carbocycles. The summed E-state index contributed by atoms with van der Waals surface area (Å²) < 4.78 is 0. The van der Waals surface area contributed by atoms with E-state index in [2.05, 4.69) is 5.18 Å². The Labute approximate surface area is 58.3 Å². The third-order valence-corrected chi connectivity index (χ3v) is 1.27. The molecule has 0 amide bonds. The molecule has 0 fully saturated rings. The highest BCUT2D eigenvalue weighted by Crippen LogP contribution is 2.20. The molecule has 0 bridgehead atoms. The zero-order valence-electron chi connectivity index (χ0n) is 5.50. The first-order valence-electron chi connectivity index (χ1n) is 2.85. The van der Waals surface area contributed by atoms with Crippen molar-refractivity contribution in [2.75, 3.05) is 0 Å². The molecule has 1 aromatic carbocycles. The Balaban J connectivity index is 3.19. The van der Waals surface area contributed by atoms with Gasteiger partial charge in [0.1, 0.15) is 5.69 Å². The number of aryl methyl sites for hydroxylation is 1. The Morgan fingerprint density at radius 1 is 1.50 bits per heavy atom. The fraction of sp³-hybridized carbons (Fsp3) is 0.143. The van der Waals surface area contributed by atoms with Gasteiger partial charge in [-0.3, -0.25) is 0 Å². The van der Waals surface area contributed by atoms with E-state index in [1.165, 1.54) is 18.2 Å². The third-order valence-electron chi connectivity index (χ3n) is 1.27. The average molecular weight is 136 g/mol. The molecule has 3 nitrogen and oxygen atoms in total. The summed E-state index contributed by atoms with van der Waals surface area (Å²) in [7, 11) is 0. The quantitative estimate of drug-likeness (QED) is 0.549. The minimum absolute atomic E-state index is 0.0927. The zero-order chi connectivity index (χ0) is 7.56. The number of hydrogen-bond acceptors (Lipinski definition) is 3. The molecule has 0 aliphatic heterocycles. The van der Waals surface area contributed by atoms with Gasteiger partial charge >= 0.3 is 0 Å². The lowest BCUT2D eigenvalue weighted by Crippen LogP contribution is -1.88. The molecule has 0 aromatic heterocycles. The Bertz CT molecular complexity index is 258.